The monoisotopic (exact) mass is 274 g/mol. The van der Waals surface area contributed by atoms with E-state index in [1.54, 1.807) is 6.92 Å². The van der Waals surface area contributed by atoms with Gasteiger partial charge in [0, 0.05) is 45.6 Å². The van der Waals surface area contributed by atoms with Gasteiger partial charge < -0.3 is 10.1 Å². The molecule has 2 fully saturated rings. The summed E-state index contributed by atoms with van der Waals surface area (Å²) in [6, 6.07) is 10.5. The first-order valence-corrected chi connectivity index (χ1v) is 7.33. The van der Waals surface area contributed by atoms with Gasteiger partial charge in [0.25, 0.3) is 0 Å². The normalized spacial score (nSPS) is 29.4. The number of rotatable bonds is 4. The lowest BCUT2D eigenvalue weighted by atomic mass is 9.91. The van der Waals surface area contributed by atoms with E-state index in [0.717, 1.165) is 32.7 Å². The number of nitrogens with one attached hydrogen (secondary N) is 1. The molecule has 1 N–H and O–H groups in total. The first kappa shape index (κ1) is 13.6. The van der Waals surface area contributed by atoms with Crippen molar-refractivity contribution in [3.63, 3.8) is 0 Å². The molecule has 2 heterocycles. The van der Waals surface area contributed by atoms with Crippen molar-refractivity contribution in [3.05, 3.63) is 35.9 Å². The van der Waals surface area contributed by atoms with Crippen LogP contribution in [0.25, 0.3) is 0 Å². The fourth-order valence-electron chi connectivity index (χ4n) is 3.46. The molecular formula is C16H22N2O2. The summed E-state index contributed by atoms with van der Waals surface area (Å²) in [5.74, 6) is 0.563. The molecule has 2 atom stereocenters. The molecule has 0 radical (unpaired) electrons. The lowest BCUT2D eigenvalue weighted by molar-refractivity contribution is -0.120. The van der Waals surface area contributed by atoms with Gasteiger partial charge in [-0.3, -0.25) is 9.69 Å². The topological polar surface area (TPSA) is 41.6 Å². The molecule has 2 aliphatic heterocycles. The molecule has 2 unspecified atom stereocenters. The standard InChI is InChI=1S/C16H22N2O2/c1-13(19)17-11-16-12-18(10-15(16)7-8-20-16)9-14-5-3-2-4-6-14/h2-6,15H,7-12H2,1H3,(H,17,19). The summed E-state index contributed by atoms with van der Waals surface area (Å²) in [6.07, 6.45) is 1.10. The van der Waals surface area contributed by atoms with Crippen LogP contribution in [0.4, 0.5) is 0 Å². The van der Waals surface area contributed by atoms with Gasteiger partial charge in [-0.25, -0.2) is 0 Å². The van der Waals surface area contributed by atoms with Gasteiger partial charge in [0.1, 0.15) is 5.60 Å². The van der Waals surface area contributed by atoms with E-state index in [9.17, 15) is 4.79 Å². The lowest BCUT2D eigenvalue weighted by Gasteiger charge is -2.28. The zero-order valence-electron chi connectivity index (χ0n) is 12.0. The van der Waals surface area contributed by atoms with E-state index in [4.69, 9.17) is 4.74 Å². The average molecular weight is 274 g/mol. The maximum absolute atomic E-state index is 11.2. The molecule has 2 saturated heterocycles. The van der Waals surface area contributed by atoms with E-state index in [-0.39, 0.29) is 11.5 Å². The highest BCUT2D eigenvalue weighted by Crippen LogP contribution is 2.39. The largest absolute Gasteiger partial charge is 0.371 e. The maximum Gasteiger partial charge on any atom is 0.216 e. The van der Waals surface area contributed by atoms with E-state index >= 15 is 0 Å². The Morgan fingerprint density at radius 2 is 2.25 bits per heavy atom. The summed E-state index contributed by atoms with van der Waals surface area (Å²) in [4.78, 5) is 13.6. The number of nitrogens with zero attached hydrogens (tertiary/aromatic N) is 1. The predicted molar refractivity (Wildman–Crippen MR) is 77.2 cm³/mol. The van der Waals surface area contributed by atoms with Gasteiger partial charge in [-0.05, 0) is 12.0 Å². The summed E-state index contributed by atoms with van der Waals surface area (Å²) in [5.41, 5.74) is 1.17. The lowest BCUT2D eigenvalue weighted by Crippen LogP contribution is -2.47. The first-order valence-electron chi connectivity index (χ1n) is 7.33. The molecule has 0 saturated carbocycles. The minimum absolute atomic E-state index is 0.0233. The van der Waals surface area contributed by atoms with Crippen molar-refractivity contribution in [2.45, 2.75) is 25.5 Å². The highest BCUT2D eigenvalue weighted by molar-refractivity contribution is 5.72. The van der Waals surface area contributed by atoms with Crippen LogP contribution in [0.2, 0.25) is 0 Å². The highest BCUT2D eigenvalue weighted by Gasteiger charge is 2.50. The number of benzene rings is 1. The fourth-order valence-corrected chi connectivity index (χ4v) is 3.46. The second kappa shape index (κ2) is 5.54. The Kier molecular flexibility index (Phi) is 3.76. The van der Waals surface area contributed by atoms with E-state index in [1.807, 2.05) is 6.07 Å². The quantitative estimate of drug-likeness (QED) is 0.902. The molecule has 4 nitrogen and oxygen atoms in total. The number of carbonyl (C=O) groups excluding carboxylic acids is 1. The number of hydrogen-bond acceptors (Lipinski definition) is 3. The van der Waals surface area contributed by atoms with Crippen LogP contribution in [0.1, 0.15) is 18.9 Å². The highest BCUT2D eigenvalue weighted by atomic mass is 16.5. The molecule has 1 aromatic carbocycles. The molecule has 3 rings (SSSR count). The van der Waals surface area contributed by atoms with Gasteiger partial charge in [0.2, 0.25) is 5.91 Å². The van der Waals surface area contributed by atoms with Crippen LogP contribution in [0.3, 0.4) is 0 Å². The summed E-state index contributed by atoms with van der Waals surface area (Å²) < 4.78 is 6.03. The van der Waals surface area contributed by atoms with E-state index in [2.05, 4.69) is 34.5 Å². The Labute approximate surface area is 120 Å². The fraction of sp³-hybridized carbons (Fsp3) is 0.562. The van der Waals surface area contributed by atoms with Crippen LogP contribution in [0, 0.1) is 5.92 Å². The van der Waals surface area contributed by atoms with Crippen LogP contribution < -0.4 is 5.32 Å². The number of likely N-dealkylation sites (tertiary alicyclic amines) is 1. The minimum atomic E-state index is -0.166. The third kappa shape index (κ3) is 2.72. The Morgan fingerprint density at radius 3 is 3.00 bits per heavy atom. The molecule has 0 bridgehead atoms. The number of carbonyl (C=O) groups is 1. The first-order chi connectivity index (χ1) is 9.68. The molecule has 0 aliphatic carbocycles. The maximum atomic E-state index is 11.2. The van der Waals surface area contributed by atoms with Crippen LogP contribution in [0.5, 0.6) is 0 Å². The van der Waals surface area contributed by atoms with Crippen LogP contribution in [-0.2, 0) is 16.1 Å². The number of ether oxygens (including phenoxy) is 1. The van der Waals surface area contributed by atoms with Crippen molar-refractivity contribution in [3.8, 4) is 0 Å². The number of amides is 1. The molecule has 1 aromatic rings. The van der Waals surface area contributed by atoms with E-state index in [1.165, 1.54) is 5.56 Å². The van der Waals surface area contributed by atoms with Gasteiger partial charge in [-0.1, -0.05) is 30.3 Å². The van der Waals surface area contributed by atoms with Crippen molar-refractivity contribution in [2.24, 2.45) is 5.92 Å². The molecule has 2 aliphatic rings. The van der Waals surface area contributed by atoms with E-state index < -0.39 is 0 Å². The van der Waals surface area contributed by atoms with Gasteiger partial charge in [0.15, 0.2) is 0 Å². The predicted octanol–water partition coefficient (Wildman–Crippen LogP) is 1.41. The van der Waals surface area contributed by atoms with Gasteiger partial charge in [0.05, 0.1) is 0 Å². The van der Waals surface area contributed by atoms with Crippen LogP contribution >= 0.6 is 0 Å². The SMILES string of the molecule is CC(=O)NCC12CN(Cc3ccccc3)CC1CCO2. The number of fused-ring (bicyclic) bond motifs is 1. The summed E-state index contributed by atoms with van der Waals surface area (Å²) in [7, 11) is 0. The minimum Gasteiger partial charge on any atom is -0.371 e. The van der Waals surface area contributed by atoms with Crippen molar-refractivity contribution >= 4 is 5.91 Å². The zero-order valence-corrected chi connectivity index (χ0v) is 12.0. The molecule has 0 spiro atoms. The Bertz CT molecular complexity index is 477. The Hall–Kier alpha value is -1.39. The molecule has 0 aromatic heterocycles. The molecule has 1 amide bonds. The zero-order chi connectivity index (χ0) is 14.0. The van der Waals surface area contributed by atoms with Crippen LogP contribution in [-0.4, -0.2) is 42.6 Å². The third-order valence-electron chi connectivity index (χ3n) is 4.46. The second-order valence-corrected chi connectivity index (χ2v) is 5.96. The van der Waals surface area contributed by atoms with Crippen LogP contribution in [0.15, 0.2) is 30.3 Å². The average Bonchev–Trinajstić information content (AvgIpc) is 2.94. The number of hydrogen-bond donors (Lipinski definition) is 1. The summed E-state index contributed by atoms with van der Waals surface area (Å²) in [6.45, 7) is 5.96. The van der Waals surface area contributed by atoms with Gasteiger partial charge in [-0.15, -0.1) is 0 Å². The second-order valence-electron chi connectivity index (χ2n) is 5.96. The summed E-state index contributed by atoms with van der Waals surface area (Å²) >= 11 is 0. The van der Waals surface area contributed by atoms with Crippen molar-refractivity contribution in [1.29, 1.82) is 0 Å². The molecule has 4 heteroatoms. The van der Waals surface area contributed by atoms with Crippen molar-refractivity contribution in [2.75, 3.05) is 26.2 Å². The van der Waals surface area contributed by atoms with Gasteiger partial charge in [-0.2, -0.15) is 0 Å². The molecule has 20 heavy (non-hydrogen) atoms. The molecule has 108 valence electrons. The van der Waals surface area contributed by atoms with Crippen molar-refractivity contribution < 1.29 is 9.53 Å². The smallest absolute Gasteiger partial charge is 0.216 e. The van der Waals surface area contributed by atoms with E-state index in [0.29, 0.717) is 12.5 Å². The van der Waals surface area contributed by atoms with Gasteiger partial charge >= 0.3 is 0 Å². The van der Waals surface area contributed by atoms with Crippen molar-refractivity contribution in [1.82, 2.24) is 10.2 Å². The Morgan fingerprint density at radius 1 is 1.45 bits per heavy atom. The summed E-state index contributed by atoms with van der Waals surface area (Å²) in [5, 5.41) is 2.94. The molecular weight excluding hydrogens is 252 g/mol. The Balaban J connectivity index is 1.65. The third-order valence-corrected chi connectivity index (χ3v) is 4.46.